The van der Waals surface area contributed by atoms with Gasteiger partial charge in [-0.05, 0) is 122 Å². The quantitative estimate of drug-likeness (QED) is 0.367. The lowest BCUT2D eigenvalue weighted by molar-refractivity contribution is -0.145. The molecule has 5 rings (SSSR count). The Balaban J connectivity index is 1.14. The molecule has 1 aromatic carbocycles. The highest BCUT2D eigenvalue weighted by Crippen LogP contribution is 2.67. The van der Waals surface area contributed by atoms with Crippen molar-refractivity contribution in [2.45, 2.75) is 110 Å². The number of phenols is 1. The number of nitrogens with one attached hydrogen (secondary N) is 1. The number of esters is 1. The van der Waals surface area contributed by atoms with E-state index in [0.29, 0.717) is 29.6 Å². The van der Waals surface area contributed by atoms with Gasteiger partial charge in [-0.2, -0.15) is 0 Å². The average molecular weight is 524 g/mol. The summed E-state index contributed by atoms with van der Waals surface area (Å²) in [5, 5.41) is 12.4. The van der Waals surface area contributed by atoms with Crippen LogP contribution in [0.4, 0.5) is 0 Å². The molecule has 8 atom stereocenters. The van der Waals surface area contributed by atoms with Crippen LogP contribution in [-0.4, -0.2) is 30.1 Å². The number of phenolic OH excluding ortho intramolecular Hbond substituents is 1. The minimum Gasteiger partial charge on any atom is -0.508 e. The third-order valence-corrected chi connectivity index (χ3v) is 11.9. The Morgan fingerprint density at radius 2 is 1.74 bits per heavy atom. The fourth-order valence-corrected chi connectivity index (χ4v) is 9.86. The van der Waals surface area contributed by atoms with Gasteiger partial charge in [0, 0.05) is 12.8 Å². The van der Waals surface area contributed by atoms with Crippen molar-refractivity contribution < 1.29 is 19.4 Å². The number of hydrogen-bond acceptors (Lipinski definition) is 4. The van der Waals surface area contributed by atoms with Gasteiger partial charge in [-0.25, -0.2) is 4.79 Å². The molecule has 0 spiro atoms. The van der Waals surface area contributed by atoms with E-state index >= 15 is 0 Å². The molecule has 4 fully saturated rings. The number of hydrogen-bond donors (Lipinski definition) is 2. The zero-order valence-electron chi connectivity index (χ0n) is 23.8. The second kappa shape index (κ2) is 11.2. The average Bonchev–Trinajstić information content (AvgIpc) is 3.25. The molecular weight excluding hydrogens is 474 g/mol. The minimum absolute atomic E-state index is 0.0777. The molecule has 1 aromatic rings. The maximum atomic E-state index is 12.9. The van der Waals surface area contributed by atoms with Gasteiger partial charge in [0.2, 0.25) is 5.91 Å². The van der Waals surface area contributed by atoms with E-state index in [4.69, 9.17) is 4.74 Å². The van der Waals surface area contributed by atoms with Gasteiger partial charge >= 0.3 is 5.97 Å². The van der Waals surface area contributed by atoms with E-state index in [1.165, 1.54) is 71.3 Å². The fourth-order valence-electron chi connectivity index (χ4n) is 9.86. The van der Waals surface area contributed by atoms with E-state index in [1.54, 1.807) is 24.3 Å². The lowest BCUT2D eigenvalue weighted by Gasteiger charge is -2.60. The molecular formula is C33H49NO4. The normalized spacial score (nSPS) is 36.9. The first-order valence-electron chi connectivity index (χ1n) is 15.4. The van der Waals surface area contributed by atoms with Gasteiger partial charge in [0.05, 0.1) is 7.11 Å². The Kier molecular flexibility index (Phi) is 8.12. The maximum absolute atomic E-state index is 12.9. The minimum atomic E-state index is -0.711. The number of rotatable bonds is 8. The van der Waals surface area contributed by atoms with Crippen LogP contribution in [0.5, 0.6) is 5.75 Å². The summed E-state index contributed by atoms with van der Waals surface area (Å²) in [7, 11) is 1.35. The molecule has 0 heterocycles. The zero-order chi connectivity index (χ0) is 26.9. The van der Waals surface area contributed by atoms with Crippen LogP contribution in [0.3, 0.4) is 0 Å². The molecule has 4 aliphatic rings. The Hall–Kier alpha value is -2.04. The van der Waals surface area contributed by atoms with Crippen molar-refractivity contribution in [3.8, 4) is 5.75 Å². The molecule has 210 valence electrons. The second-order valence-electron chi connectivity index (χ2n) is 13.6. The summed E-state index contributed by atoms with van der Waals surface area (Å²) in [5.41, 5.74) is 1.90. The van der Waals surface area contributed by atoms with E-state index in [-0.39, 0.29) is 11.7 Å². The van der Waals surface area contributed by atoms with E-state index in [1.807, 2.05) is 0 Å². The van der Waals surface area contributed by atoms with Crippen LogP contribution in [0.25, 0.3) is 0 Å². The molecule has 4 aliphatic carbocycles. The summed E-state index contributed by atoms with van der Waals surface area (Å²) in [6.45, 7) is 5.25. The highest BCUT2D eigenvalue weighted by Gasteiger charge is 2.59. The summed E-state index contributed by atoms with van der Waals surface area (Å²) in [6, 6.07) is 6.01. The summed E-state index contributed by atoms with van der Waals surface area (Å²) in [5.74, 6) is 4.08. The van der Waals surface area contributed by atoms with Crippen molar-refractivity contribution in [2.24, 2.45) is 40.4 Å². The third kappa shape index (κ3) is 5.23. The molecule has 1 amide bonds. The number of methoxy groups -OCH3 is 1. The maximum Gasteiger partial charge on any atom is 0.328 e. The molecule has 5 nitrogen and oxygen atoms in total. The summed E-state index contributed by atoms with van der Waals surface area (Å²) >= 11 is 0. The molecule has 0 radical (unpaired) electrons. The first-order chi connectivity index (χ1) is 18.2. The fraction of sp³-hybridized carbons (Fsp3) is 0.758. The van der Waals surface area contributed by atoms with E-state index in [2.05, 4.69) is 19.2 Å². The third-order valence-electron chi connectivity index (χ3n) is 11.9. The molecule has 5 heteroatoms. The Bertz CT molecular complexity index is 991. The van der Waals surface area contributed by atoms with Gasteiger partial charge in [0.1, 0.15) is 11.8 Å². The predicted molar refractivity (Wildman–Crippen MR) is 149 cm³/mol. The number of carbonyl (C=O) groups excluding carboxylic acids is 2. The van der Waals surface area contributed by atoms with Gasteiger partial charge in [-0.3, -0.25) is 4.79 Å². The predicted octanol–water partition coefficient (Wildman–Crippen LogP) is 6.81. The van der Waals surface area contributed by atoms with Gasteiger partial charge in [-0.1, -0.05) is 38.8 Å². The highest BCUT2D eigenvalue weighted by atomic mass is 16.5. The number of benzene rings is 1. The molecule has 2 N–H and O–H groups in total. The molecule has 4 saturated carbocycles. The lowest BCUT2D eigenvalue weighted by Crippen LogP contribution is -2.52. The largest absolute Gasteiger partial charge is 0.508 e. The monoisotopic (exact) mass is 523 g/mol. The number of fused-ring (bicyclic) bond motifs is 5. The van der Waals surface area contributed by atoms with Crippen LogP contribution < -0.4 is 5.32 Å². The second-order valence-corrected chi connectivity index (χ2v) is 13.6. The molecule has 0 saturated heterocycles. The molecule has 0 aliphatic heterocycles. The highest BCUT2D eigenvalue weighted by molar-refractivity contribution is 5.84. The van der Waals surface area contributed by atoms with E-state index in [0.717, 1.165) is 42.1 Å². The molecule has 8 unspecified atom stereocenters. The van der Waals surface area contributed by atoms with Gasteiger partial charge < -0.3 is 15.2 Å². The van der Waals surface area contributed by atoms with Gasteiger partial charge in [0.15, 0.2) is 0 Å². The van der Waals surface area contributed by atoms with Crippen molar-refractivity contribution in [1.29, 1.82) is 0 Å². The SMILES string of the molecule is COC(=O)C(Cc1ccc(O)cc1)NC(=O)CCCC1CCC2C3CCC4CCCCC4(C)C3CCC12C. The van der Waals surface area contributed by atoms with Crippen LogP contribution >= 0.6 is 0 Å². The Labute approximate surface area is 229 Å². The van der Waals surface area contributed by atoms with Crippen LogP contribution in [-0.2, 0) is 20.7 Å². The first-order valence-corrected chi connectivity index (χ1v) is 15.4. The number of ether oxygens (including phenoxy) is 1. The number of carbonyl (C=O) groups is 2. The van der Waals surface area contributed by atoms with E-state index in [9.17, 15) is 14.7 Å². The van der Waals surface area contributed by atoms with Crippen LogP contribution in [0.15, 0.2) is 24.3 Å². The molecule has 0 bridgehead atoms. The van der Waals surface area contributed by atoms with Crippen LogP contribution in [0, 0.1) is 40.4 Å². The molecule has 0 aromatic heterocycles. The van der Waals surface area contributed by atoms with Crippen LogP contribution in [0.1, 0.15) is 103 Å². The van der Waals surface area contributed by atoms with Crippen molar-refractivity contribution in [2.75, 3.05) is 7.11 Å². The Morgan fingerprint density at radius 1 is 0.974 bits per heavy atom. The summed E-state index contributed by atoms with van der Waals surface area (Å²) in [4.78, 5) is 25.2. The zero-order valence-corrected chi connectivity index (χ0v) is 23.8. The van der Waals surface area contributed by atoms with Crippen molar-refractivity contribution in [1.82, 2.24) is 5.32 Å². The topological polar surface area (TPSA) is 75.6 Å². The standard InChI is InChI=1S/C33H49NO4/c1-32-19-5-4-7-23(32)12-16-26-27-17-13-24(33(27,2)20-18-28(26)32)8-6-9-30(36)34-29(31(37)38-3)21-22-10-14-25(35)15-11-22/h10-11,14-15,23-24,26-29,35H,4-9,12-13,16-21H2,1-3H3,(H,34,36). The summed E-state index contributed by atoms with van der Waals surface area (Å²) < 4.78 is 4.95. The number of amides is 1. The lowest BCUT2D eigenvalue weighted by atomic mass is 9.45. The van der Waals surface area contributed by atoms with Crippen LogP contribution in [0.2, 0.25) is 0 Å². The number of aromatic hydroxyl groups is 1. The van der Waals surface area contributed by atoms with Gasteiger partial charge in [0.25, 0.3) is 0 Å². The molecule has 38 heavy (non-hydrogen) atoms. The van der Waals surface area contributed by atoms with Crippen molar-refractivity contribution in [3.63, 3.8) is 0 Å². The Morgan fingerprint density at radius 3 is 2.50 bits per heavy atom. The first kappa shape index (κ1) is 27.5. The van der Waals surface area contributed by atoms with Crippen molar-refractivity contribution >= 4 is 11.9 Å². The van der Waals surface area contributed by atoms with Crippen molar-refractivity contribution in [3.05, 3.63) is 29.8 Å². The summed E-state index contributed by atoms with van der Waals surface area (Å²) in [6.07, 6.45) is 17.0. The van der Waals surface area contributed by atoms with E-state index < -0.39 is 12.0 Å². The smallest absolute Gasteiger partial charge is 0.328 e. The van der Waals surface area contributed by atoms with Gasteiger partial charge in [-0.15, -0.1) is 0 Å².